The zero-order valence-electron chi connectivity index (χ0n) is 7.73. The van der Waals surface area contributed by atoms with E-state index in [1.807, 2.05) is 0 Å². The summed E-state index contributed by atoms with van der Waals surface area (Å²) in [7, 11) is 0. The van der Waals surface area contributed by atoms with Crippen molar-refractivity contribution in [1.82, 2.24) is 0 Å². The van der Waals surface area contributed by atoms with Crippen molar-refractivity contribution in [2.75, 3.05) is 0 Å². The van der Waals surface area contributed by atoms with Crippen molar-refractivity contribution in [2.24, 2.45) is 5.73 Å². The second-order valence-electron chi connectivity index (χ2n) is 3.10. The number of nitrogens with two attached hydrogens (primary N) is 1. The predicted octanol–water partition coefficient (Wildman–Crippen LogP) is 3.33. The molecule has 0 heterocycles. The number of hydrogen-bond acceptors (Lipinski definition) is 1. The van der Waals surface area contributed by atoms with Crippen LogP contribution in [0, 0.1) is 5.82 Å². The van der Waals surface area contributed by atoms with E-state index in [0.717, 1.165) is 6.07 Å². The standard InChI is InChI=1S/C9H7F6N/c10-6-3-4(7(16)9(13,14)15)1-2-5(6)8(11)12/h1-3,7-8H,16H2/t7-/m0/s1. The third kappa shape index (κ3) is 2.66. The number of rotatable bonds is 2. The monoisotopic (exact) mass is 243 g/mol. The highest BCUT2D eigenvalue weighted by molar-refractivity contribution is 5.28. The lowest BCUT2D eigenvalue weighted by atomic mass is 10.0. The Morgan fingerprint density at radius 3 is 2.06 bits per heavy atom. The van der Waals surface area contributed by atoms with Gasteiger partial charge < -0.3 is 5.73 Å². The van der Waals surface area contributed by atoms with Crippen LogP contribution in [-0.4, -0.2) is 6.18 Å². The van der Waals surface area contributed by atoms with Crippen molar-refractivity contribution in [2.45, 2.75) is 18.6 Å². The molecular formula is C9H7F6N. The summed E-state index contributed by atoms with van der Waals surface area (Å²) in [6.45, 7) is 0. The Morgan fingerprint density at radius 2 is 1.69 bits per heavy atom. The molecule has 1 nitrogen and oxygen atoms in total. The lowest BCUT2D eigenvalue weighted by Gasteiger charge is -2.16. The first-order valence-corrected chi connectivity index (χ1v) is 4.13. The molecule has 0 aromatic heterocycles. The molecule has 90 valence electrons. The van der Waals surface area contributed by atoms with E-state index >= 15 is 0 Å². The van der Waals surface area contributed by atoms with Gasteiger partial charge in [-0.3, -0.25) is 0 Å². The molecular weight excluding hydrogens is 236 g/mol. The molecule has 0 unspecified atom stereocenters. The van der Waals surface area contributed by atoms with Crippen molar-refractivity contribution < 1.29 is 26.3 Å². The van der Waals surface area contributed by atoms with Gasteiger partial charge >= 0.3 is 6.18 Å². The molecule has 7 heteroatoms. The van der Waals surface area contributed by atoms with Gasteiger partial charge in [0.25, 0.3) is 6.43 Å². The third-order valence-electron chi connectivity index (χ3n) is 1.97. The van der Waals surface area contributed by atoms with Gasteiger partial charge in [0.2, 0.25) is 0 Å². The third-order valence-corrected chi connectivity index (χ3v) is 1.97. The summed E-state index contributed by atoms with van der Waals surface area (Å²) in [5, 5.41) is 0. The van der Waals surface area contributed by atoms with E-state index in [1.54, 1.807) is 0 Å². The van der Waals surface area contributed by atoms with Gasteiger partial charge in [-0.2, -0.15) is 13.2 Å². The van der Waals surface area contributed by atoms with E-state index in [1.165, 1.54) is 0 Å². The molecule has 1 atom stereocenters. The minimum atomic E-state index is -4.74. The highest BCUT2D eigenvalue weighted by Crippen LogP contribution is 2.32. The first-order valence-electron chi connectivity index (χ1n) is 4.13. The van der Waals surface area contributed by atoms with E-state index in [0.29, 0.717) is 12.1 Å². The maximum atomic E-state index is 12.9. The van der Waals surface area contributed by atoms with Gasteiger partial charge in [0, 0.05) is 0 Å². The van der Waals surface area contributed by atoms with Crippen LogP contribution in [0.15, 0.2) is 18.2 Å². The number of benzene rings is 1. The summed E-state index contributed by atoms with van der Waals surface area (Å²) in [6, 6.07) is -0.669. The first kappa shape index (κ1) is 12.8. The fraction of sp³-hybridized carbons (Fsp3) is 0.333. The van der Waals surface area contributed by atoms with Crippen LogP contribution in [0.1, 0.15) is 23.6 Å². The Balaban J connectivity index is 3.07. The van der Waals surface area contributed by atoms with E-state index in [2.05, 4.69) is 0 Å². The smallest absolute Gasteiger partial charge is 0.316 e. The van der Waals surface area contributed by atoms with Crippen molar-refractivity contribution in [3.8, 4) is 0 Å². The summed E-state index contributed by atoms with van der Waals surface area (Å²) < 4.78 is 73.5. The molecule has 16 heavy (non-hydrogen) atoms. The van der Waals surface area contributed by atoms with Crippen molar-refractivity contribution >= 4 is 0 Å². The average Bonchev–Trinajstić information content (AvgIpc) is 2.14. The fourth-order valence-electron chi connectivity index (χ4n) is 1.10. The predicted molar refractivity (Wildman–Crippen MR) is 44.3 cm³/mol. The Morgan fingerprint density at radius 1 is 1.12 bits per heavy atom. The van der Waals surface area contributed by atoms with Crippen LogP contribution in [0.5, 0.6) is 0 Å². The average molecular weight is 243 g/mol. The highest BCUT2D eigenvalue weighted by atomic mass is 19.4. The maximum absolute atomic E-state index is 12.9. The zero-order valence-corrected chi connectivity index (χ0v) is 7.73. The van der Waals surface area contributed by atoms with Gasteiger partial charge in [-0.15, -0.1) is 0 Å². The van der Waals surface area contributed by atoms with Gasteiger partial charge in [0.15, 0.2) is 0 Å². The van der Waals surface area contributed by atoms with Gasteiger partial charge in [0.05, 0.1) is 5.56 Å². The molecule has 2 N–H and O–H groups in total. The number of hydrogen-bond donors (Lipinski definition) is 1. The summed E-state index contributed by atoms with van der Waals surface area (Å²) in [6.07, 6.45) is -7.81. The fourth-order valence-corrected chi connectivity index (χ4v) is 1.10. The Labute approximate surface area is 86.9 Å². The maximum Gasteiger partial charge on any atom is 0.407 e. The number of alkyl halides is 5. The SMILES string of the molecule is N[C@@H](c1ccc(C(F)F)c(F)c1)C(F)(F)F. The minimum absolute atomic E-state index is 0.375. The van der Waals surface area contributed by atoms with Crippen LogP contribution < -0.4 is 5.73 Å². The van der Waals surface area contributed by atoms with Crippen LogP contribution in [0.4, 0.5) is 26.3 Å². The van der Waals surface area contributed by atoms with Crippen LogP contribution >= 0.6 is 0 Å². The van der Waals surface area contributed by atoms with Crippen LogP contribution in [0.25, 0.3) is 0 Å². The molecule has 1 rings (SSSR count). The van der Waals surface area contributed by atoms with Gasteiger partial charge in [-0.1, -0.05) is 12.1 Å². The molecule has 1 aromatic rings. The van der Waals surface area contributed by atoms with Gasteiger partial charge in [-0.05, 0) is 11.6 Å². The molecule has 0 bridgehead atoms. The lowest BCUT2D eigenvalue weighted by Crippen LogP contribution is -2.28. The minimum Gasteiger partial charge on any atom is -0.316 e. The Kier molecular flexibility index (Phi) is 3.47. The molecule has 0 aliphatic carbocycles. The highest BCUT2D eigenvalue weighted by Gasteiger charge is 2.38. The van der Waals surface area contributed by atoms with Crippen LogP contribution in [0.2, 0.25) is 0 Å². The molecule has 0 radical (unpaired) electrons. The second-order valence-corrected chi connectivity index (χ2v) is 3.10. The first-order chi connectivity index (χ1) is 7.23. The molecule has 0 amide bonds. The molecule has 0 spiro atoms. The van der Waals surface area contributed by atoms with E-state index in [-0.39, 0.29) is 0 Å². The Hall–Kier alpha value is -1.24. The van der Waals surface area contributed by atoms with Crippen molar-refractivity contribution in [3.63, 3.8) is 0 Å². The largest absolute Gasteiger partial charge is 0.407 e. The van der Waals surface area contributed by atoms with Crippen LogP contribution in [-0.2, 0) is 0 Å². The van der Waals surface area contributed by atoms with Gasteiger partial charge in [-0.25, -0.2) is 13.2 Å². The summed E-state index contributed by atoms with van der Waals surface area (Å²) in [5.41, 5.74) is 3.25. The van der Waals surface area contributed by atoms with Crippen LogP contribution in [0.3, 0.4) is 0 Å². The topological polar surface area (TPSA) is 26.0 Å². The molecule has 0 aliphatic heterocycles. The van der Waals surface area contributed by atoms with Crippen molar-refractivity contribution in [1.29, 1.82) is 0 Å². The number of halogens is 6. The Bertz CT molecular complexity index is 373. The lowest BCUT2D eigenvalue weighted by molar-refractivity contribution is -0.149. The molecule has 1 aromatic carbocycles. The van der Waals surface area contributed by atoms with Gasteiger partial charge in [0.1, 0.15) is 11.9 Å². The summed E-state index contributed by atoms with van der Waals surface area (Å²) in [4.78, 5) is 0. The van der Waals surface area contributed by atoms with E-state index in [4.69, 9.17) is 5.73 Å². The molecule has 0 saturated heterocycles. The molecule has 0 saturated carbocycles. The molecule has 0 fully saturated rings. The van der Waals surface area contributed by atoms with E-state index < -0.39 is 35.6 Å². The normalized spacial score (nSPS) is 14.2. The zero-order chi connectivity index (χ0) is 12.5. The van der Waals surface area contributed by atoms with E-state index in [9.17, 15) is 26.3 Å². The molecule has 0 aliphatic rings. The summed E-state index contributed by atoms with van der Waals surface area (Å²) in [5.74, 6) is -1.40. The second kappa shape index (κ2) is 4.32. The quantitative estimate of drug-likeness (QED) is 0.792. The summed E-state index contributed by atoms with van der Waals surface area (Å²) >= 11 is 0. The van der Waals surface area contributed by atoms with Crippen molar-refractivity contribution in [3.05, 3.63) is 35.1 Å².